The molecular weight excluding hydrogens is 219 g/mol. The van der Waals surface area contributed by atoms with E-state index in [1.807, 2.05) is 0 Å². The molecule has 0 spiro atoms. The van der Waals surface area contributed by atoms with Crippen molar-refractivity contribution >= 4 is 11.5 Å². The smallest absolute Gasteiger partial charge is 0.294 e. The average Bonchev–Trinajstić information content (AvgIpc) is 2.21. The first-order valence-corrected chi connectivity index (χ1v) is 4.86. The van der Waals surface area contributed by atoms with Crippen molar-refractivity contribution in [2.45, 2.75) is 32.9 Å². The Bertz CT molecular complexity index is 327. The summed E-state index contributed by atoms with van der Waals surface area (Å²) in [6.07, 6.45) is -2.34. The van der Waals surface area contributed by atoms with Gasteiger partial charge in [0.1, 0.15) is 5.71 Å². The van der Waals surface area contributed by atoms with Gasteiger partial charge in [-0.25, -0.2) is 0 Å². The van der Waals surface area contributed by atoms with E-state index in [2.05, 4.69) is 11.6 Å². The summed E-state index contributed by atoms with van der Waals surface area (Å²) >= 11 is 0. The van der Waals surface area contributed by atoms with E-state index in [1.54, 1.807) is 6.92 Å². The van der Waals surface area contributed by atoms with E-state index >= 15 is 0 Å². The molecule has 0 amide bonds. The molecule has 0 N–H and O–H groups in total. The number of nitrogens with zero attached hydrogens (tertiary/aromatic N) is 1. The zero-order valence-corrected chi connectivity index (χ0v) is 9.27. The molecule has 0 bridgehead atoms. The van der Waals surface area contributed by atoms with E-state index in [-0.39, 0.29) is 24.2 Å². The summed E-state index contributed by atoms with van der Waals surface area (Å²) in [6, 6.07) is 0. The first-order chi connectivity index (χ1) is 7.36. The number of rotatable bonds is 5. The van der Waals surface area contributed by atoms with Crippen LogP contribution in [0.15, 0.2) is 29.4 Å². The first-order valence-electron chi connectivity index (χ1n) is 4.86. The highest BCUT2D eigenvalue weighted by Crippen LogP contribution is 2.19. The topological polar surface area (TPSA) is 29.4 Å². The molecule has 0 saturated heterocycles. The average molecular weight is 233 g/mol. The van der Waals surface area contributed by atoms with Gasteiger partial charge in [-0.2, -0.15) is 13.2 Å². The highest BCUT2D eigenvalue weighted by molar-refractivity contribution is 5.98. The number of ketones is 1. The third kappa shape index (κ3) is 4.42. The molecule has 0 saturated carbocycles. The van der Waals surface area contributed by atoms with E-state index in [9.17, 15) is 18.0 Å². The second kappa shape index (κ2) is 6.25. The van der Waals surface area contributed by atoms with Gasteiger partial charge in [-0.05, 0) is 6.42 Å². The molecule has 0 heterocycles. The Morgan fingerprint density at radius 1 is 1.31 bits per heavy atom. The summed E-state index contributed by atoms with van der Waals surface area (Å²) in [5, 5.41) is 0. The Morgan fingerprint density at radius 3 is 2.19 bits per heavy atom. The maximum atomic E-state index is 12.3. The fourth-order valence-electron chi connectivity index (χ4n) is 0.955. The van der Waals surface area contributed by atoms with Crippen molar-refractivity contribution in [3.63, 3.8) is 0 Å². The van der Waals surface area contributed by atoms with Crippen molar-refractivity contribution in [1.29, 1.82) is 0 Å². The zero-order valence-electron chi connectivity index (χ0n) is 9.27. The molecule has 0 unspecified atom stereocenters. The van der Waals surface area contributed by atoms with Crippen molar-refractivity contribution < 1.29 is 18.0 Å². The fourth-order valence-corrected chi connectivity index (χ4v) is 0.955. The molecule has 0 aromatic rings. The van der Waals surface area contributed by atoms with Gasteiger partial charge in [-0.1, -0.05) is 26.5 Å². The fraction of sp³-hybridized carbons (Fsp3) is 0.455. The van der Waals surface area contributed by atoms with E-state index in [4.69, 9.17) is 0 Å². The van der Waals surface area contributed by atoms with Crippen molar-refractivity contribution in [2.24, 2.45) is 4.99 Å². The van der Waals surface area contributed by atoms with Crippen LogP contribution in [0.1, 0.15) is 26.7 Å². The summed E-state index contributed by atoms with van der Waals surface area (Å²) in [4.78, 5) is 14.5. The number of carbonyl (C=O) groups is 1. The number of carbonyl (C=O) groups excluding carboxylic acids is 1. The molecule has 0 atom stereocenters. The van der Waals surface area contributed by atoms with Crippen LogP contribution < -0.4 is 0 Å². The van der Waals surface area contributed by atoms with E-state index in [1.165, 1.54) is 13.0 Å². The van der Waals surface area contributed by atoms with E-state index in [0.29, 0.717) is 0 Å². The largest absolute Gasteiger partial charge is 0.429 e. The summed E-state index contributed by atoms with van der Waals surface area (Å²) in [5.74, 6) is -0.281. The number of alkyl halides is 3. The lowest BCUT2D eigenvalue weighted by Gasteiger charge is -2.06. The predicted molar refractivity (Wildman–Crippen MR) is 57.4 cm³/mol. The lowest BCUT2D eigenvalue weighted by molar-refractivity contribution is -0.115. The van der Waals surface area contributed by atoms with Crippen LogP contribution in [0.3, 0.4) is 0 Å². The molecule has 16 heavy (non-hydrogen) atoms. The molecule has 0 aromatic carbocycles. The molecule has 0 aliphatic rings. The van der Waals surface area contributed by atoms with Crippen molar-refractivity contribution in [3.05, 3.63) is 24.4 Å². The van der Waals surface area contributed by atoms with Gasteiger partial charge < -0.3 is 0 Å². The van der Waals surface area contributed by atoms with Crippen molar-refractivity contribution in [2.75, 3.05) is 0 Å². The minimum Gasteiger partial charge on any atom is -0.294 e. The van der Waals surface area contributed by atoms with Gasteiger partial charge >= 0.3 is 6.18 Å². The van der Waals surface area contributed by atoms with Crippen LogP contribution in [-0.2, 0) is 4.79 Å². The quantitative estimate of drug-likeness (QED) is 0.406. The second-order valence-electron chi connectivity index (χ2n) is 2.99. The third-order valence-corrected chi connectivity index (χ3v) is 1.88. The van der Waals surface area contributed by atoms with Crippen LogP contribution in [0.25, 0.3) is 0 Å². The maximum Gasteiger partial charge on any atom is 0.429 e. The molecule has 0 rings (SSSR count). The van der Waals surface area contributed by atoms with Gasteiger partial charge in [0.2, 0.25) is 0 Å². The maximum absolute atomic E-state index is 12.3. The van der Waals surface area contributed by atoms with Crippen LogP contribution in [0, 0.1) is 0 Å². The lowest BCUT2D eigenvalue weighted by Crippen LogP contribution is -2.21. The number of hydrogen-bond donors (Lipinski definition) is 0. The van der Waals surface area contributed by atoms with Crippen molar-refractivity contribution in [3.8, 4) is 0 Å². The minimum absolute atomic E-state index is 0.0951. The van der Waals surface area contributed by atoms with Crippen LogP contribution in [0.5, 0.6) is 0 Å². The third-order valence-electron chi connectivity index (χ3n) is 1.88. The molecule has 90 valence electrons. The monoisotopic (exact) mass is 233 g/mol. The number of Topliss-reactive ketones (excluding diaryl/α,β-unsaturated/α-hetero) is 1. The van der Waals surface area contributed by atoms with Gasteiger partial charge in [0.15, 0.2) is 5.78 Å². The first kappa shape index (κ1) is 14.6. The Labute approximate surface area is 92.6 Å². The molecule has 2 nitrogen and oxygen atoms in total. The van der Waals surface area contributed by atoms with Gasteiger partial charge in [0.25, 0.3) is 0 Å². The summed E-state index contributed by atoms with van der Waals surface area (Å²) < 4.78 is 36.9. The number of halogens is 3. The zero-order chi connectivity index (χ0) is 12.8. The molecule has 5 heteroatoms. The number of aliphatic imine (C=N–C) groups is 1. The second-order valence-corrected chi connectivity index (χ2v) is 2.99. The summed E-state index contributed by atoms with van der Waals surface area (Å²) in [5.41, 5.74) is -0.812. The van der Waals surface area contributed by atoms with Crippen molar-refractivity contribution in [1.82, 2.24) is 0 Å². The summed E-state index contributed by atoms with van der Waals surface area (Å²) in [6.45, 7) is 6.33. The Kier molecular flexibility index (Phi) is 5.71. The molecule has 0 fully saturated rings. The van der Waals surface area contributed by atoms with Crippen LogP contribution >= 0.6 is 0 Å². The molecule has 0 aliphatic heterocycles. The highest BCUT2D eigenvalue weighted by atomic mass is 19.4. The Morgan fingerprint density at radius 2 is 1.88 bits per heavy atom. The normalized spacial score (nSPS) is 13.8. The number of allylic oxidation sites excluding steroid dienone is 2. The standard InChI is InChI=1S/C11H14F3NO/c1-4-8(9(16)5-2)7-15-10(6-3)11(12,13)14/h4,7H,1,5-6H2,2-3H3/b8-7+,15-10?. The highest BCUT2D eigenvalue weighted by Gasteiger charge is 2.33. The molecular formula is C11H14F3NO. The van der Waals surface area contributed by atoms with Gasteiger partial charge in [-0.15, -0.1) is 0 Å². The SMILES string of the molecule is C=C/C(=C\N=C(CC)C(F)(F)F)C(=O)CC. The van der Waals surface area contributed by atoms with Crippen LogP contribution in [-0.4, -0.2) is 17.7 Å². The van der Waals surface area contributed by atoms with Gasteiger partial charge in [0, 0.05) is 18.2 Å². The van der Waals surface area contributed by atoms with Crippen LogP contribution in [0.4, 0.5) is 13.2 Å². The van der Waals surface area contributed by atoms with Gasteiger partial charge in [0.05, 0.1) is 0 Å². The predicted octanol–water partition coefficient (Wildman–Crippen LogP) is 3.45. The van der Waals surface area contributed by atoms with E-state index in [0.717, 1.165) is 6.20 Å². The van der Waals surface area contributed by atoms with Crippen LogP contribution in [0.2, 0.25) is 0 Å². The minimum atomic E-state index is -4.45. The summed E-state index contributed by atoms with van der Waals surface area (Å²) in [7, 11) is 0. The lowest BCUT2D eigenvalue weighted by atomic mass is 10.1. The Balaban J connectivity index is 5.07. The molecule has 0 radical (unpaired) electrons. The van der Waals surface area contributed by atoms with Gasteiger partial charge in [-0.3, -0.25) is 9.79 Å². The molecule has 0 aromatic heterocycles. The Hall–Kier alpha value is -1.39. The molecule has 0 aliphatic carbocycles. The number of hydrogen-bond acceptors (Lipinski definition) is 2. The van der Waals surface area contributed by atoms with E-state index < -0.39 is 11.9 Å².